The van der Waals surface area contributed by atoms with E-state index in [9.17, 15) is 10.1 Å². The standard InChI is InChI=1S/C16H11Cl2N3O4/c1-9(24-14-8-11(17)4-7-13(14)18)15-19-20-16(25-15)10-2-5-12(6-3-10)21(22)23/h2-9H,1H3/t9-/m1/s1. The van der Waals surface area contributed by atoms with Crippen molar-refractivity contribution in [2.45, 2.75) is 13.0 Å². The molecule has 25 heavy (non-hydrogen) atoms. The minimum atomic E-state index is -0.560. The van der Waals surface area contributed by atoms with Gasteiger partial charge in [-0.3, -0.25) is 10.1 Å². The highest BCUT2D eigenvalue weighted by Crippen LogP contribution is 2.32. The molecule has 0 aliphatic heterocycles. The van der Waals surface area contributed by atoms with Gasteiger partial charge in [0.25, 0.3) is 11.6 Å². The van der Waals surface area contributed by atoms with Crippen LogP contribution in [-0.2, 0) is 0 Å². The number of nitrogens with zero attached hydrogens (tertiary/aromatic N) is 3. The minimum absolute atomic E-state index is 0.0178. The van der Waals surface area contributed by atoms with Gasteiger partial charge in [-0.15, -0.1) is 10.2 Å². The van der Waals surface area contributed by atoms with Crippen LogP contribution in [-0.4, -0.2) is 15.1 Å². The van der Waals surface area contributed by atoms with Crippen molar-refractivity contribution in [2.75, 3.05) is 0 Å². The van der Waals surface area contributed by atoms with Crippen LogP contribution in [0.3, 0.4) is 0 Å². The first-order valence-electron chi connectivity index (χ1n) is 7.14. The summed E-state index contributed by atoms with van der Waals surface area (Å²) in [5.41, 5.74) is 0.549. The quantitative estimate of drug-likeness (QED) is 0.452. The van der Waals surface area contributed by atoms with Crippen molar-refractivity contribution in [2.24, 2.45) is 0 Å². The molecule has 7 nitrogen and oxygen atoms in total. The number of nitro groups is 1. The van der Waals surface area contributed by atoms with Crippen molar-refractivity contribution >= 4 is 28.9 Å². The van der Waals surface area contributed by atoms with Gasteiger partial charge in [0, 0.05) is 28.8 Å². The number of aromatic nitrogens is 2. The zero-order chi connectivity index (χ0) is 18.0. The molecule has 128 valence electrons. The molecule has 0 radical (unpaired) electrons. The second-order valence-electron chi connectivity index (χ2n) is 5.08. The summed E-state index contributed by atoms with van der Waals surface area (Å²) < 4.78 is 11.3. The molecule has 1 heterocycles. The van der Waals surface area contributed by atoms with E-state index < -0.39 is 11.0 Å². The molecule has 0 N–H and O–H groups in total. The topological polar surface area (TPSA) is 91.3 Å². The van der Waals surface area contributed by atoms with Crippen LogP contribution in [0.2, 0.25) is 10.0 Å². The van der Waals surface area contributed by atoms with Gasteiger partial charge < -0.3 is 9.15 Å². The van der Waals surface area contributed by atoms with Gasteiger partial charge in [0.1, 0.15) is 5.75 Å². The van der Waals surface area contributed by atoms with E-state index in [0.29, 0.717) is 21.4 Å². The summed E-state index contributed by atoms with van der Waals surface area (Å²) in [5, 5.41) is 19.5. The fraction of sp³-hybridized carbons (Fsp3) is 0.125. The summed E-state index contributed by atoms with van der Waals surface area (Å²) in [4.78, 5) is 10.2. The Hall–Kier alpha value is -2.64. The van der Waals surface area contributed by atoms with Crippen LogP contribution >= 0.6 is 23.2 Å². The molecule has 0 saturated carbocycles. The molecule has 0 saturated heterocycles. The van der Waals surface area contributed by atoms with Crippen molar-refractivity contribution in [1.29, 1.82) is 0 Å². The molecule has 1 aromatic heterocycles. The van der Waals surface area contributed by atoms with E-state index >= 15 is 0 Å². The highest BCUT2D eigenvalue weighted by molar-refractivity contribution is 6.34. The predicted molar refractivity (Wildman–Crippen MR) is 91.9 cm³/mol. The number of hydrogen-bond donors (Lipinski definition) is 0. The molecule has 3 aromatic rings. The van der Waals surface area contributed by atoms with Crippen molar-refractivity contribution in [3.05, 3.63) is 68.5 Å². The van der Waals surface area contributed by atoms with Crippen LogP contribution in [0.15, 0.2) is 46.9 Å². The maximum Gasteiger partial charge on any atom is 0.269 e. The van der Waals surface area contributed by atoms with Crippen LogP contribution in [0.1, 0.15) is 18.9 Å². The Labute approximate surface area is 152 Å². The Morgan fingerprint density at radius 3 is 2.56 bits per heavy atom. The molecule has 1 atom stereocenters. The molecular formula is C16H11Cl2N3O4. The van der Waals surface area contributed by atoms with E-state index in [2.05, 4.69) is 10.2 Å². The fourth-order valence-corrected chi connectivity index (χ4v) is 2.37. The maximum atomic E-state index is 10.7. The largest absolute Gasteiger partial charge is 0.479 e. The fourth-order valence-electron chi connectivity index (χ4n) is 2.05. The van der Waals surface area contributed by atoms with Gasteiger partial charge in [0.2, 0.25) is 5.89 Å². The lowest BCUT2D eigenvalue weighted by Gasteiger charge is -2.12. The van der Waals surface area contributed by atoms with Crippen LogP contribution in [0, 0.1) is 10.1 Å². The van der Waals surface area contributed by atoms with E-state index in [1.807, 2.05) is 0 Å². The van der Waals surface area contributed by atoms with Crippen LogP contribution in [0.25, 0.3) is 11.5 Å². The summed E-state index contributed by atoms with van der Waals surface area (Å²) in [5.74, 6) is 0.874. The van der Waals surface area contributed by atoms with Crippen LogP contribution in [0.5, 0.6) is 5.75 Å². The number of non-ortho nitro benzene ring substituents is 1. The number of hydrogen-bond acceptors (Lipinski definition) is 6. The van der Waals surface area contributed by atoms with Crippen molar-refractivity contribution in [1.82, 2.24) is 10.2 Å². The lowest BCUT2D eigenvalue weighted by atomic mass is 10.2. The lowest BCUT2D eigenvalue weighted by Crippen LogP contribution is -2.03. The second kappa shape index (κ2) is 7.08. The SMILES string of the molecule is C[C@@H](Oc1cc(Cl)ccc1Cl)c1nnc(-c2ccc([N+](=O)[O-])cc2)o1. The first-order valence-corrected chi connectivity index (χ1v) is 7.89. The third kappa shape index (κ3) is 3.89. The first-order chi connectivity index (χ1) is 11.9. The summed E-state index contributed by atoms with van der Waals surface area (Å²) in [6.07, 6.45) is -0.560. The molecular weight excluding hydrogens is 369 g/mol. The average Bonchev–Trinajstić information content (AvgIpc) is 3.08. The summed E-state index contributed by atoms with van der Waals surface area (Å²) in [6, 6.07) is 10.7. The summed E-state index contributed by atoms with van der Waals surface area (Å²) in [7, 11) is 0. The van der Waals surface area contributed by atoms with Crippen LogP contribution in [0.4, 0.5) is 5.69 Å². The Bertz CT molecular complexity index is 912. The van der Waals surface area contributed by atoms with Gasteiger partial charge in [-0.25, -0.2) is 0 Å². The third-order valence-corrected chi connectivity index (χ3v) is 3.86. The van der Waals surface area contributed by atoms with Gasteiger partial charge in [-0.2, -0.15) is 0 Å². The highest BCUT2D eigenvalue weighted by atomic mass is 35.5. The number of benzene rings is 2. The normalized spacial score (nSPS) is 12.0. The smallest absolute Gasteiger partial charge is 0.269 e. The van der Waals surface area contributed by atoms with Gasteiger partial charge in [0.05, 0.1) is 9.95 Å². The third-order valence-electron chi connectivity index (χ3n) is 3.31. The Kier molecular flexibility index (Phi) is 4.87. The molecule has 9 heteroatoms. The molecule has 0 fully saturated rings. The predicted octanol–water partition coefficient (Wildman–Crippen LogP) is 5.09. The van der Waals surface area contributed by atoms with E-state index in [1.54, 1.807) is 25.1 Å². The maximum absolute atomic E-state index is 10.7. The number of halogens is 2. The van der Waals surface area contributed by atoms with Crippen molar-refractivity contribution in [3.63, 3.8) is 0 Å². The Morgan fingerprint density at radius 1 is 1.16 bits per heavy atom. The zero-order valence-electron chi connectivity index (χ0n) is 12.8. The van der Waals surface area contributed by atoms with E-state index in [4.69, 9.17) is 32.4 Å². The molecule has 0 spiro atoms. The number of ether oxygens (including phenoxy) is 1. The molecule has 3 rings (SSSR count). The van der Waals surface area contributed by atoms with Gasteiger partial charge in [-0.05, 0) is 31.2 Å². The second-order valence-corrected chi connectivity index (χ2v) is 5.93. The molecule has 0 unspecified atom stereocenters. The Balaban J connectivity index is 1.78. The average molecular weight is 380 g/mol. The van der Waals surface area contributed by atoms with E-state index in [0.717, 1.165) is 0 Å². The monoisotopic (exact) mass is 379 g/mol. The molecule has 0 bridgehead atoms. The van der Waals surface area contributed by atoms with Gasteiger partial charge >= 0.3 is 0 Å². The summed E-state index contributed by atoms with van der Waals surface area (Å²) in [6.45, 7) is 1.73. The lowest BCUT2D eigenvalue weighted by molar-refractivity contribution is -0.384. The van der Waals surface area contributed by atoms with Gasteiger partial charge in [-0.1, -0.05) is 23.2 Å². The van der Waals surface area contributed by atoms with Crippen LogP contribution < -0.4 is 4.74 Å². The molecule has 0 aliphatic rings. The van der Waals surface area contributed by atoms with Crippen molar-refractivity contribution < 1.29 is 14.1 Å². The number of nitro benzene ring substituents is 1. The van der Waals surface area contributed by atoms with E-state index in [1.165, 1.54) is 24.3 Å². The molecule has 0 amide bonds. The highest BCUT2D eigenvalue weighted by Gasteiger charge is 2.18. The number of rotatable bonds is 5. The molecule has 2 aromatic carbocycles. The molecule has 0 aliphatic carbocycles. The summed E-state index contributed by atoms with van der Waals surface area (Å²) >= 11 is 12.0. The van der Waals surface area contributed by atoms with E-state index in [-0.39, 0.29) is 17.5 Å². The zero-order valence-corrected chi connectivity index (χ0v) is 14.4. The Morgan fingerprint density at radius 2 is 1.88 bits per heavy atom. The minimum Gasteiger partial charge on any atom is -0.479 e. The van der Waals surface area contributed by atoms with Crippen molar-refractivity contribution in [3.8, 4) is 17.2 Å². The van der Waals surface area contributed by atoms with Gasteiger partial charge in [0.15, 0.2) is 6.10 Å². The first kappa shape index (κ1) is 17.2.